The SMILES string of the molecule is CCOC(=O)C=CCC1CCN(CCOC(c2ccccc2)c2ccc(C)cc2)CC1. The van der Waals surface area contributed by atoms with Gasteiger partial charge in [-0.1, -0.05) is 66.2 Å². The molecule has 0 saturated carbocycles. The minimum Gasteiger partial charge on any atom is -0.463 e. The third kappa shape index (κ3) is 7.64. The van der Waals surface area contributed by atoms with Gasteiger partial charge in [0, 0.05) is 12.6 Å². The molecule has 0 amide bonds. The van der Waals surface area contributed by atoms with Gasteiger partial charge in [-0.3, -0.25) is 0 Å². The second-order valence-electron chi connectivity index (χ2n) is 8.25. The summed E-state index contributed by atoms with van der Waals surface area (Å²) in [5.74, 6) is 0.408. The molecule has 2 aromatic carbocycles. The average Bonchev–Trinajstić information content (AvgIpc) is 2.79. The fourth-order valence-electron chi connectivity index (χ4n) is 4.05. The van der Waals surface area contributed by atoms with Gasteiger partial charge in [0.15, 0.2) is 0 Å². The highest BCUT2D eigenvalue weighted by molar-refractivity contribution is 5.81. The van der Waals surface area contributed by atoms with E-state index in [-0.39, 0.29) is 12.1 Å². The van der Waals surface area contributed by atoms with E-state index in [0.717, 1.165) is 38.9 Å². The highest BCUT2D eigenvalue weighted by atomic mass is 16.5. The Morgan fingerprint density at radius 2 is 1.74 bits per heavy atom. The second-order valence-corrected chi connectivity index (χ2v) is 8.25. The van der Waals surface area contributed by atoms with E-state index in [1.165, 1.54) is 16.7 Å². The Labute approximate surface area is 186 Å². The molecule has 166 valence electrons. The number of piperidine rings is 1. The van der Waals surface area contributed by atoms with Gasteiger partial charge in [0.2, 0.25) is 0 Å². The number of aryl methyl sites for hydroxylation is 1. The lowest BCUT2D eigenvalue weighted by atomic mass is 9.93. The number of ether oxygens (including phenoxy) is 2. The van der Waals surface area contributed by atoms with E-state index in [1.807, 2.05) is 19.1 Å². The van der Waals surface area contributed by atoms with Crippen LogP contribution in [0, 0.1) is 12.8 Å². The van der Waals surface area contributed by atoms with E-state index in [1.54, 1.807) is 6.08 Å². The summed E-state index contributed by atoms with van der Waals surface area (Å²) >= 11 is 0. The lowest BCUT2D eigenvalue weighted by molar-refractivity contribution is -0.137. The Morgan fingerprint density at radius 1 is 1.06 bits per heavy atom. The minimum atomic E-state index is -0.237. The third-order valence-electron chi connectivity index (χ3n) is 5.89. The van der Waals surface area contributed by atoms with Crippen LogP contribution in [0.4, 0.5) is 0 Å². The molecular formula is C27H35NO3. The number of carbonyl (C=O) groups excluding carboxylic acids is 1. The van der Waals surface area contributed by atoms with E-state index in [9.17, 15) is 4.79 Å². The molecule has 0 spiro atoms. The van der Waals surface area contributed by atoms with Crippen molar-refractivity contribution in [3.05, 3.63) is 83.4 Å². The van der Waals surface area contributed by atoms with E-state index in [4.69, 9.17) is 9.47 Å². The van der Waals surface area contributed by atoms with E-state index in [0.29, 0.717) is 19.1 Å². The Hall–Kier alpha value is -2.43. The second kappa shape index (κ2) is 12.4. The van der Waals surface area contributed by atoms with Crippen LogP contribution in [0.1, 0.15) is 49.0 Å². The first kappa shape index (κ1) is 23.2. The third-order valence-corrected chi connectivity index (χ3v) is 5.89. The molecule has 0 bridgehead atoms. The van der Waals surface area contributed by atoms with Crippen LogP contribution >= 0.6 is 0 Å². The Balaban J connectivity index is 1.45. The predicted octanol–water partition coefficient (Wildman–Crippen LogP) is 5.32. The molecule has 4 nitrogen and oxygen atoms in total. The van der Waals surface area contributed by atoms with E-state index < -0.39 is 0 Å². The van der Waals surface area contributed by atoms with Crippen LogP contribution in [0.25, 0.3) is 0 Å². The number of rotatable bonds is 10. The number of hydrogen-bond acceptors (Lipinski definition) is 4. The zero-order chi connectivity index (χ0) is 21.9. The smallest absolute Gasteiger partial charge is 0.330 e. The zero-order valence-corrected chi connectivity index (χ0v) is 18.8. The predicted molar refractivity (Wildman–Crippen MR) is 125 cm³/mol. The molecule has 0 aromatic heterocycles. The molecule has 1 aliphatic heterocycles. The van der Waals surface area contributed by atoms with Gasteiger partial charge in [0.05, 0.1) is 13.2 Å². The molecule has 31 heavy (non-hydrogen) atoms. The van der Waals surface area contributed by atoms with Gasteiger partial charge in [-0.15, -0.1) is 0 Å². The zero-order valence-electron chi connectivity index (χ0n) is 18.8. The summed E-state index contributed by atoms with van der Waals surface area (Å²) in [6.07, 6.45) is 6.77. The molecule has 1 saturated heterocycles. The number of allylic oxidation sites excluding steroid dienone is 1. The number of nitrogens with zero attached hydrogens (tertiary/aromatic N) is 1. The van der Waals surface area contributed by atoms with Gasteiger partial charge in [-0.25, -0.2) is 4.79 Å². The Bertz CT molecular complexity index is 808. The van der Waals surface area contributed by atoms with E-state index >= 15 is 0 Å². The van der Waals surface area contributed by atoms with Crippen molar-refractivity contribution >= 4 is 5.97 Å². The first-order chi connectivity index (χ1) is 15.2. The molecule has 4 heteroatoms. The average molecular weight is 422 g/mol. The summed E-state index contributed by atoms with van der Waals surface area (Å²) in [5, 5.41) is 0. The van der Waals surface area contributed by atoms with Crippen molar-refractivity contribution in [3.63, 3.8) is 0 Å². The van der Waals surface area contributed by atoms with Gasteiger partial charge in [0.25, 0.3) is 0 Å². The Morgan fingerprint density at radius 3 is 2.42 bits per heavy atom. The molecule has 2 aromatic rings. The summed E-state index contributed by atoms with van der Waals surface area (Å²) in [6, 6.07) is 19.1. The van der Waals surface area contributed by atoms with Crippen LogP contribution in [-0.2, 0) is 14.3 Å². The lowest BCUT2D eigenvalue weighted by Crippen LogP contribution is -2.36. The number of benzene rings is 2. The van der Waals surface area contributed by atoms with Gasteiger partial charge in [0.1, 0.15) is 6.10 Å². The molecule has 1 heterocycles. The van der Waals surface area contributed by atoms with Crippen LogP contribution in [-0.4, -0.2) is 43.7 Å². The fourth-order valence-corrected chi connectivity index (χ4v) is 4.05. The first-order valence-corrected chi connectivity index (χ1v) is 11.4. The number of hydrogen-bond donors (Lipinski definition) is 0. The lowest BCUT2D eigenvalue weighted by Gasteiger charge is -2.32. The molecule has 1 unspecified atom stereocenters. The van der Waals surface area contributed by atoms with Crippen LogP contribution in [0.2, 0.25) is 0 Å². The summed E-state index contributed by atoms with van der Waals surface area (Å²) in [5.41, 5.74) is 3.65. The van der Waals surface area contributed by atoms with Crippen molar-refractivity contribution in [1.29, 1.82) is 0 Å². The van der Waals surface area contributed by atoms with Crippen LogP contribution in [0.3, 0.4) is 0 Å². The van der Waals surface area contributed by atoms with Crippen LogP contribution in [0.15, 0.2) is 66.7 Å². The van der Waals surface area contributed by atoms with Gasteiger partial charge >= 0.3 is 5.97 Å². The molecule has 0 radical (unpaired) electrons. The van der Waals surface area contributed by atoms with Crippen molar-refractivity contribution in [3.8, 4) is 0 Å². The molecular weight excluding hydrogens is 386 g/mol. The number of esters is 1. The van der Waals surface area contributed by atoms with Gasteiger partial charge in [-0.05, 0) is 63.2 Å². The topological polar surface area (TPSA) is 38.8 Å². The van der Waals surface area contributed by atoms with Crippen molar-refractivity contribution in [2.75, 3.05) is 32.8 Å². The van der Waals surface area contributed by atoms with Crippen LogP contribution in [0.5, 0.6) is 0 Å². The van der Waals surface area contributed by atoms with Crippen molar-refractivity contribution < 1.29 is 14.3 Å². The molecule has 1 aliphatic rings. The van der Waals surface area contributed by atoms with Gasteiger partial charge < -0.3 is 14.4 Å². The maximum atomic E-state index is 11.4. The molecule has 3 rings (SSSR count). The summed E-state index contributed by atoms with van der Waals surface area (Å²) in [4.78, 5) is 13.9. The maximum Gasteiger partial charge on any atom is 0.330 e. The van der Waals surface area contributed by atoms with Crippen LogP contribution < -0.4 is 0 Å². The van der Waals surface area contributed by atoms with Crippen molar-refractivity contribution in [2.24, 2.45) is 5.92 Å². The quantitative estimate of drug-likeness (QED) is 0.384. The number of carbonyl (C=O) groups is 1. The standard InChI is InChI=1S/C27H35NO3/c1-3-30-26(29)11-7-8-23-16-18-28(19-17-23)20-21-31-27(24-9-5-4-6-10-24)25-14-12-22(2)13-15-25/h4-7,9-15,23,27H,3,8,16-21H2,1-2H3. The van der Waals surface area contributed by atoms with Gasteiger partial charge in [-0.2, -0.15) is 0 Å². The minimum absolute atomic E-state index is 0.0349. The summed E-state index contributed by atoms with van der Waals surface area (Å²) in [6.45, 7) is 8.19. The fraction of sp³-hybridized carbons (Fsp3) is 0.444. The first-order valence-electron chi connectivity index (χ1n) is 11.4. The summed E-state index contributed by atoms with van der Waals surface area (Å²) < 4.78 is 11.3. The highest BCUT2D eigenvalue weighted by Crippen LogP contribution is 2.27. The largest absolute Gasteiger partial charge is 0.463 e. The molecule has 0 N–H and O–H groups in total. The van der Waals surface area contributed by atoms with Crippen molar-refractivity contribution in [1.82, 2.24) is 4.90 Å². The number of likely N-dealkylation sites (tertiary alicyclic amines) is 1. The van der Waals surface area contributed by atoms with Crippen molar-refractivity contribution in [2.45, 2.75) is 39.2 Å². The van der Waals surface area contributed by atoms with E-state index in [2.05, 4.69) is 60.4 Å². The normalized spacial score (nSPS) is 16.5. The highest BCUT2D eigenvalue weighted by Gasteiger charge is 2.19. The monoisotopic (exact) mass is 421 g/mol. The molecule has 1 fully saturated rings. The summed E-state index contributed by atoms with van der Waals surface area (Å²) in [7, 11) is 0. The molecule has 1 atom stereocenters. The maximum absolute atomic E-state index is 11.4. The molecule has 0 aliphatic carbocycles. The Kier molecular flexibility index (Phi) is 9.32.